The second-order valence-electron chi connectivity index (χ2n) is 15.7. The number of halogens is 4. The van der Waals surface area contributed by atoms with Crippen LogP contribution in [0.1, 0.15) is 51.4 Å². The van der Waals surface area contributed by atoms with Gasteiger partial charge in [0.1, 0.15) is 22.9 Å². The van der Waals surface area contributed by atoms with E-state index in [9.17, 15) is 37.4 Å². The number of carbonyl (C=O) groups is 2. The largest absolute Gasteiger partial charge is 0.481 e. The molecule has 12 rings (SSSR count). The minimum absolute atomic E-state index is 0. The summed E-state index contributed by atoms with van der Waals surface area (Å²) in [5.41, 5.74) is 1.93. The summed E-state index contributed by atoms with van der Waals surface area (Å²) >= 11 is 0. The molecule has 6 aliphatic rings. The van der Waals surface area contributed by atoms with Gasteiger partial charge in [-0.3, -0.25) is 9.59 Å². The van der Waals surface area contributed by atoms with Crippen LogP contribution in [-0.4, -0.2) is 79.6 Å². The van der Waals surface area contributed by atoms with Gasteiger partial charge in [-0.05, 0) is 87.2 Å². The molecule has 19 heteroatoms. The van der Waals surface area contributed by atoms with Crippen LogP contribution >= 0.6 is 0 Å². The van der Waals surface area contributed by atoms with Gasteiger partial charge in [0.05, 0.1) is 36.6 Å². The zero-order valence-electron chi connectivity index (χ0n) is 31.3. The standard InChI is InChI=1S/2C20H19F2N5O2.H2O/c2*21-11-5-12-13(7-24-17(12)23-6-11)18-25-8-14(22)19(27-18)26-16-10-3-1-9(2-4-10)15(16)20(28)29;/h2*5-10,15-16H,1-4H2,(H,23,24)(H,28,29)(H,25,26,27);1H2/t9?,10?,15-,16-;;/m0../s1. The molecule has 0 aliphatic heterocycles. The third-order valence-corrected chi connectivity index (χ3v) is 12.6. The predicted molar refractivity (Wildman–Crippen MR) is 206 cm³/mol. The Morgan fingerprint density at radius 2 is 0.949 bits per heavy atom. The fourth-order valence-corrected chi connectivity index (χ4v) is 9.86. The van der Waals surface area contributed by atoms with Gasteiger partial charge >= 0.3 is 11.9 Å². The second kappa shape index (κ2) is 15.8. The average molecular weight is 817 g/mol. The number of carboxylic acid groups (broad SMARTS) is 2. The monoisotopic (exact) mass is 816 g/mol. The first-order chi connectivity index (χ1) is 28.0. The van der Waals surface area contributed by atoms with E-state index in [0.717, 1.165) is 76.2 Å². The molecule has 6 saturated carbocycles. The Morgan fingerprint density at radius 1 is 0.576 bits per heavy atom. The molecule has 59 heavy (non-hydrogen) atoms. The SMILES string of the molecule is O.O=C(O)C1C2CCC(CC2)C1Nc1nc(-c2c[nH]c3ncc(F)cc23)ncc1F.O=C(O)[C@H]1C2CCC(CC2)[C@@H]1Nc1nc(-c2c[nH]c3ncc(F)cc23)ncc1F. The number of hydrogen-bond acceptors (Lipinski definition) is 10. The number of fused-ring (bicyclic) bond motifs is 8. The van der Waals surface area contributed by atoms with Crippen molar-refractivity contribution in [3.8, 4) is 22.8 Å². The first-order valence-electron chi connectivity index (χ1n) is 19.3. The molecule has 4 bridgehead atoms. The maximum Gasteiger partial charge on any atom is 0.308 e. The van der Waals surface area contributed by atoms with Gasteiger partial charge in [-0.1, -0.05) is 0 Å². The van der Waals surface area contributed by atoms with E-state index in [0.29, 0.717) is 33.2 Å². The van der Waals surface area contributed by atoms with Crippen molar-refractivity contribution in [1.29, 1.82) is 0 Å². The highest BCUT2D eigenvalue weighted by atomic mass is 19.1. The highest BCUT2D eigenvalue weighted by Crippen LogP contribution is 2.48. The highest BCUT2D eigenvalue weighted by molar-refractivity contribution is 5.92. The normalized spacial score (nSPS) is 25.6. The highest BCUT2D eigenvalue weighted by Gasteiger charge is 2.49. The number of aliphatic carboxylic acids is 2. The van der Waals surface area contributed by atoms with Gasteiger partial charge in [0, 0.05) is 46.4 Å². The van der Waals surface area contributed by atoms with E-state index in [2.05, 4.69) is 50.5 Å². The number of nitrogens with one attached hydrogen (secondary N) is 4. The number of hydrogen-bond donors (Lipinski definition) is 6. The van der Waals surface area contributed by atoms with Crippen LogP contribution < -0.4 is 10.6 Å². The summed E-state index contributed by atoms with van der Waals surface area (Å²) in [6.07, 6.45) is 14.8. The zero-order chi connectivity index (χ0) is 40.2. The molecule has 2 unspecified atom stereocenters. The van der Waals surface area contributed by atoms with Crippen molar-refractivity contribution in [2.45, 2.75) is 63.5 Å². The molecule has 0 amide bonds. The lowest BCUT2D eigenvalue weighted by atomic mass is 9.61. The molecule has 6 aromatic rings. The summed E-state index contributed by atoms with van der Waals surface area (Å²) in [5.74, 6) is -4.24. The van der Waals surface area contributed by atoms with Crippen LogP contribution in [0.3, 0.4) is 0 Å². The van der Waals surface area contributed by atoms with Crippen molar-refractivity contribution in [2.24, 2.45) is 35.5 Å². The number of nitrogens with zero attached hydrogens (tertiary/aromatic N) is 6. The van der Waals surface area contributed by atoms with Crippen LogP contribution in [0.2, 0.25) is 0 Å². The Hall–Kier alpha value is -6.24. The van der Waals surface area contributed by atoms with E-state index < -0.39 is 47.0 Å². The summed E-state index contributed by atoms with van der Waals surface area (Å²) in [6.45, 7) is 0. The molecule has 0 radical (unpaired) electrons. The van der Waals surface area contributed by atoms with Gasteiger partial charge in [-0.15, -0.1) is 0 Å². The second-order valence-corrected chi connectivity index (χ2v) is 15.7. The van der Waals surface area contributed by atoms with Crippen molar-refractivity contribution >= 4 is 45.6 Å². The van der Waals surface area contributed by atoms with Crippen LogP contribution in [-0.2, 0) is 9.59 Å². The van der Waals surface area contributed by atoms with Gasteiger partial charge in [-0.25, -0.2) is 47.5 Å². The lowest BCUT2D eigenvalue weighted by Gasteiger charge is -2.47. The van der Waals surface area contributed by atoms with Gasteiger partial charge in [-0.2, -0.15) is 0 Å². The summed E-state index contributed by atoms with van der Waals surface area (Å²) in [7, 11) is 0. The van der Waals surface area contributed by atoms with E-state index in [1.807, 2.05) is 0 Å². The summed E-state index contributed by atoms with van der Waals surface area (Å²) in [6, 6.07) is 1.88. The molecular formula is C40H40F4N10O5. The van der Waals surface area contributed by atoms with Gasteiger partial charge < -0.3 is 36.3 Å². The molecule has 0 saturated heterocycles. The minimum Gasteiger partial charge on any atom is -0.481 e. The Bertz CT molecular complexity index is 2360. The molecule has 8 N–H and O–H groups in total. The van der Waals surface area contributed by atoms with Crippen LogP contribution in [0.15, 0.2) is 49.3 Å². The number of carboxylic acids is 2. The Morgan fingerprint density at radius 3 is 1.32 bits per heavy atom. The topological polar surface area (TPSA) is 239 Å². The predicted octanol–water partition coefficient (Wildman–Crippen LogP) is 6.37. The lowest BCUT2D eigenvalue weighted by Crippen LogP contribution is -2.51. The molecule has 6 fully saturated rings. The Labute approximate surface area is 332 Å². The molecular weight excluding hydrogens is 776 g/mol. The fraction of sp³-hybridized carbons (Fsp3) is 0.400. The number of anilines is 2. The fourth-order valence-electron chi connectivity index (χ4n) is 9.86. The van der Waals surface area contributed by atoms with E-state index in [-0.39, 0.29) is 64.5 Å². The minimum atomic E-state index is -0.857. The molecule has 0 aromatic carbocycles. The first kappa shape index (κ1) is 39.6. The third-order valence-electron chi connectivity index (χ3n) is 12.6. The van der Waals surface area contributed by atoms with Gasteiger partial charge in [0.15, 0.2) is 34.9 Å². The zero-order valence-corrected chi connectivity index (χ0v) is 31.3. The number of pyridine rings is 2. The summed E-state index contributed by atoms with van der Waals surface area (Å²) in [4.78, 5) is 54.2. The van der Waals surface area contributed by atoms with Crippen molar-refractivity contribution in [2.75, 3.05) is 10.6 Å². The van der Waals surface area contributed by atoms with Crippen molar-refractivity contribution in [3.63, 3.8) is 0 Å². The van der Waals surface area contributed by atoms with Gasteiger partial charge in [0.2, 0.25) is 0 Å². The molecule has 4 atom stereocenters. The molecule has 6 heterocycles. The molecule has 15 nitrogen and oxygen atoms in total. The summed E-state index contributed by atoms with van der Waals surface area (Å²) in [5, 5.41) is 26.5. The number of aromatic amines is 2. The van der Waals surface area contributed by atoms with Crippen molar-refractivity contribution in [3.05, 3.63) is 72.6 Å². The van der Waals surface area contributed by atoms with Crippen LogP contribution in [0.5, 0.6) is 0 Å². The van der Waals surface area contributed by atoms with Crippen molar-refractivity contribution in [1.82, 2.24) is 39.9 Å². The maximum atomic E-state index is 14.5. The molecule has 6 aliphatic carbocycles. The van der Waals surface area contributed by atoms with E-state index >= 15 is 0 Å². The average Bonchev–Trinajstić information content (AvgIpc) is 3.84. The van der Waals surface area contributed by atoms with E-state index in [1.165, 1.54) is 12.1 Å². The van der Waals surface area contributed by atoms with Crippen molar-refractivity contribution < 1.29 is 42.8 Å². The Kier molecular flexibility index (Phi) is 10.6. The van der Waals surface area contributed by atoms with Gasteiger partial charge in [0.25, 0.3) is 0 Å². The first-order valence-corrected chi connectivity index (χ1v) is 19.3. The molecule has 0 spiro atoms. The number of aromatic nitrogens is 8. The number of rotatable bonds is 8. The maximum absolute atomic E-state index is 14.5. The lowest BCUT2D eigenvalue weighted by molar-refractivity contribution is -0.149. The van der Waals surface area contributed by atoms with E-state index in [1.54, 1.807) is 12.4 Å². The van der Waals surface area contributed by atoms with Crippen LogP contribution in [0.25, 0.3) is 44.8 Å². The van der Waals surface area contributed by atoms with E-state index in [4.69, 9.17) is 0 Å². The smallest absolute Gasteiger partial charge is 0.308 e. The molecule has 308 valence electrons. The number of H-pyrrole nitrogens is 2. The third kappa shape index (κ3) is 7.38. The van der Waals surface area contributed by atoms with Crippen LogP contribution in [0.4, 0.5) is 29.2 Å². The molecule has 6 aromatic heterocycles. The summed E-state index contributed by atoms with van der Waals surface area (Å²) < 4.78 is 56.2. The van der Waals surface area contributed by atoms with Crippen LogP contribution in [0, 0.1) is 58.8 Å². The quantitative estimate of drug-likeness (QED) is 0.0919. The Balaban J connectivity index is 0.000000161.